The summed E-state index contributed by atoms with van der Waals surface area (Å²) in [7, 11) is 0. The summed E-state index contributed by atoms with van der Waals surface area (Å²) in [6.45, 7) is 1.75. The van der Waals surface area contributed by atoms with E-state index in [1.165, 1.54) is 12.1 Å². The molecule has 0 radical (unpaired) electrons. The van der Waals surface area contributed by atoms with E-state index in [9.17, 15) is 9.18 Å². The van der Waals surface area contributed by atoms with Gasteiger partial charge in [0, 0.05) is 6.42 Å². The molecule has 1 aliphatic carbocycles. The van der Waals surface area contributed by atoms with Crippen LogP contribution in [0.25, 0.3) is 0 Å². The van der Waals surface area contributed by atoms with E-state index in [1.807, 2.05) is 0 Å². The minimum Gasteiger partial charge on any atom is -0.383 e. The normalized spacial score (nSPS) is 17.9. The van der Waals surface area contributed by atoms with Gasteiger partial charge in [-0.05, 0) is 37.0 Å². The predicted molar refractivity (Wildman–Crippen MR) is 73.0 cm³/mol. The number of fused-ring (bicyclic) bond motifs is 1. The molecule has 0 amide bonds. The molecule has 0 aliphatic heterocycles. The fraction of sp³-hybridized carbons (Fsp3) is 0.267. The van der Waals surface area contributed by atoms with Gasteiger partial charge in [-0.1, -0.05) is 12.1 Å². The van der Waals surface area contributed by atoms with Crippen molar-refractivity contribution in [2.24, 2.45) is 0 Å². The van der Waals surface area contributed by atoms with Crippen molar-refractivity contribution in [2.45, 2.75) is 25.7 Å². The van der Waals surface area contributed by atoms with E-state index in [1.54, 1.807) is 19.1 Å². The Balaban J connectivity index is 2.00. The number of nitrogens with zero attached hydrogens (tertiary/aromatic N) is 2. The Labute approximate surface area is 115 Å². The first-order valence-electron chi connectivity index (χ1n) is 6.46. The zero-order chi connectivity index (χ0) is 14.3. The molecular weight excluding hydrogens is 257 g/mol. The van der Waals surface area contributed by atoms with Crippen molar-refractivity contribution in [3.05, 3.63) is 52.7 Å². The summed E-state index contributed by atoms with van der Waals surface area (Å²) in [5.74, 6) is 0.518. The molecule has 1 aromatic carbocycles. The van der Waals surface area contributed by atoms with E-state index in [2.05, 4.69) is 9.97 Å². The maximum absolute atomic E-state index is 13.0. The van der Waals surface area contributed by atoms with Crippen molar-refractivity contribution >= 4 is 11.6 Å². The number of hydrogen-bond donors (Lipinski definition) is 1. The summed E-state index contributed by atoms with van der Waals surface area (Å²) in [4.78, 5) is 20.6. The minimum absolute atomic E-state index is 0.0179. The van der Waals surface area contributed by atoms with Crippen LogP contribution >= 0.6 is 0 Å². The van der Waals surface area contributed by atoms with Crippen LogP contribution in [-0.2, 0) is 6.42 Å². The Morgan fingerprint density at radius 3 is 2.60 bits per heavy atom. The molecule has 0 unspecified atom stereocenters. The summed E-state index contributed by atoms with van der Waals surface area (Å²) in [5, 5.41) is 0. The molecule has 20 heavy (non-hydrogen) atoms. The van der Waals surface area contributed by atoms with E-state index in [-0.39, 0.29) is 23.3 Å². The summed E-state index contributed by atoms with van der Waals surface area (Å²) in [6.07, 6.45) is 0.982. The maximum Gasteiger partial charge on any atom is 0.169 e. The molecule has 1 atom stereocenters. The van der Waals surface area contributed by atoms with Crippen LogP contribution < -0.4 is 5.73 Å². The van der Waals surface area contributed by atoms with Gasteiger partial charge in [-0.3, -0.25) is 4.79 Å². The molecule has 2 N–H and O–H groups in total. The van der Waals surface area contributed by atoms with E-state index >= 15 is 0 Å². The highest BCUT2D eigenvalue weighted by molar-refractivity contribution is 6.02. The number of carbonyl (C=O) groups excluding carboxylic acids is 1. The quantitative estimate of drug-likeness (QED) is 0.864. The van der Waals surface area contributed by atoms with Crippen LogP contribution in [0.2, 0.25) is 0 Å². The number of halogens is 1. The van der Waals surface area contributed by atoms with Crippen molar-refractivity contribution in [3.63, 3.8) is 0 Å². The number of carbonyl (C=O) groups is 1. The highest BCUT2D eigenvalue weighted by Crippen LogP contribution is 2.33. The van der Waals surface area contributed by atoms with Crippen LogP contribution in [0.3, 0.4) is 0 Å². The number of rotatable bonds is 1. The highest BCUT2D eigenvalue weighted by atomic mass is 19.1. The molecule has 1 heterocycles. The van der Waals surface area contributed by atoms with E-state index in [4.69, 9.17) is 5.73 Å². The lowest BCUT2D eigenvalue weighted by molar-refractivity contribution is 0.0963. The number of Topliss-reactive ketones (excluding diaryl/α,β-unsaturated/α-hetero) is 1. The third-order valence-corrected chi connectivity index (χ3v) is 3.62. The molecule has 102 valence electrons. The number of ketones is 1. The molecule has 5 heteroatoms. The summed E-state index contributed by atoms with van der Waals surface area (Å²) < 4.78 is 13.0. The Kier molecular flexibility index (Phi) is 2.97. The number of hydrogen-bond acceptors (Lipinski definition) is 4. The lowest BCUT2D eigenvalue weighted by Crippen LogP contribution is -2.23. The fourth-order valence-electron chi connectivity index (χ4n) is 2.71. The van der Waals surface area contributed by atoms with Crippen LogP contribution in [0.5, 0.6) is 0 Å². The second kappa shape index (κ2) is 4.67. The topological polar surface area (TPSA) is 68.9 Å². The van der Waals surface area contributed by atoms with Crippen LogP contribution in [0.15, 0.2) is 24.3 Å². The van der Waals surface area contributed by atoms with E-state index in [0.717, 1.165) is 5.56 Å². The number of benzene rings is 1. The summed E-state index contributed by atoms with van der Waals surface area (Å²) in [6, 6.07) is 6.26. The van der Waals surface area contributed by atoms with E-state index < -0.39 is 0 Å². The second-order valence-electron chi connectivity index (χ2n) is 5.06. The largest absolute Gasteiger partial charge is 0.383 e. The van der Waals surface area contributed by atoms with Crippen LogP contribution in [0, 0.1) is 12.7 Å². The van der Waals surface area contributed by atoms with Gasteiger partial charge in [0.25, 0.3) is 0 Å². The van der Waals surface area contributed by atoms with Crippen molar-refractivity contribution in [3.8, 4) is 0 Å². The van der Waals surface area contributed by atoms with Gasteiger partial charge in [0.15, 0.2) is 5.78 Å². The van der Waals surface area contributed by atoms with Gasteiger partial charge >= 0.3 is 0 Å². The SMILES string of the molecule is Cc1nc(N)c2c(n1)C[C@@H](c1ccc(F)cc1)CC2=O. The zero-order valence-corrected chi connectivity index (χ0v) is 11.1. The van der Waals surface area contributed by atoms with Crippen LogP contribution in [0.4, 0.5) is 10.2 Å². The summed E-state index contributed by atoms with van der Waals surface area (Å²) >= 11 is 0. The highest BCUT2D eigenvalue weighted by Gasteiger charge is 2.29. The molecular formula is C15H14FN3O. The van der Waals surface area contributed by atoms with E-state index in [0.29, 0.717) is 29.9 Å². The molecule has 3 rings (SSSR count). The third-order valence-electron chi connectivity index (χ3n) is 3.62. The Morgan fingerprint density at radius 1 is 1.20 bits per heavy atom. The molecule has 4 nitrogen and oxygen atoms in total. The first-order chi connectivity index (χ1) is 9.54. The number of nitrogens with two attached hydrogens (primary N) is 1. The molecule has 0 saturated carbocycles. The first-order valence-corrected chi connectivity index (χ1v) is 6.46. The molecule has 1 aliphatic rings. The van der Waals surface area contributed by atoms with Gasteiger partial charge in [0.1, 0.15) is 17.5 Å². The Bertz CT molecular complexity index is 682. The smallest absolute Gasteiger partial charge is 0.169 e. The van der Waals surface area contributed by atoms with Gasteiger partial charge < -0.3 is 5.73 Å². The lowest BCUT2D eigenvalue weighted by atomic mass is 9.82. The zero-order valence-electron chi connectivity index (χ0n) is 11.1. The second-order valence-corrected chi connectivity index (χ2v) is 5.06. The molecule has 0 fully saturated rings. The minimum atomic E-state index is -0.279. The Morgan fingerprint density at radius 2 is 1.90 bits per heavy atom. The number of aryl methyl sites for hydroxylation is 1. The first kappa shape index (κ1) is 12.7. The third kappa shape index (κ3) is 2.15. The fourth-order valence-corrected chi connectivity index (χ4v) is 2.71. The number of anilines is 1. The average Bonchev–Trinajstić information content (AvgIpc) is 2.38. The monoisotopic (exact) mass is 271 g/mol. The Hall–Kier alpha value is -2.30. The van der Waals surface area contributed by atoms with Gasteiger partial charge in [0.05, 0.1) is 11.3 Å². The average molecular weight is 271 g/mol. The molecule has 0 saturated heterocycles. The van der Waals surface area contributed by atoms with Gasteiger partial charge in [-0.15, -0.1) is 0 Å². The van der Waals surface area contributed by atoms with Crippen molar-refractivity contribution in [1.29, 1.82) is 0 Å². The van der Waals surface area contributed by atoms with Gasteiger partial charge in [-0.2, -0.15) is 0 Å². The molecule has 1 aromatic heterocycles. The molecule has 2 aromatic rings. The molecule has 0 spiro atoms. The van der Waals surface area contributed by atoms with Gasteiger partial charge in [-0.25, -0.2) is 14.4 Å². The van der Waals surface area contributed by atoms with Crippen molar-refractivity contribution in [2.75, 3.05) is 5.73 Å². The summed E-state index contributed by atoms with van der Waals surface area (Å²) in [5.41, 5.74) is 7.91. The predicted octanol–water partition coefficient (Wildman–Crippen LogP) is 2.42. The standard InChI is InChI=1S/C15H14FN3O/c1-8-18-12-6-10(9-2-4-11(16)5-3-9)7-13(20)14(12)15(17)19-8/h2-5,10H,6-7H2,1H3,(H2,17,18,19)/t10-/m1/s1. The number of aromatic nitrogens is 2. The maximum atomic E-state index is 13.0. The van der Waals surface area contributed by atoms with Crippen LogP contribution in [0.1, 0.15) is 39.8 Å². The van der Waals surface area contributed by atoms with Crippen LogP contribution in [-0.4, -0.2) is 15.8 Å². The van der Waals surface area contributed by atoms with Crippen molar-refractivity contribution in [1.82, 2.24) is 9.97 Å². The lowest BCUT2D eigenvalue weighted by Gasteiger charge is -2.24. The molecule has 0 bridgehead atoms. The van der Waals surface area contributed by atoms with Crippen molar-refractivity contribution < 1.29 is 9.18 Å². The number of nitrogen functional groups attached to an aromatic ring is 1. The van der Waals surface area contributed by atoms with Gasteiger partial charge in [0.2, 0.25) is 0 Å².